The molecule has 0 radical (unpaired) electrons. The van der Waals surface area contributed by atoms with Crippen LogP contribution in [-0.2, 0) is 16.4 Å². The highest BCUT2D eigenvalue weighted by Crippen LogP contribution is 2.21. The number of aromatic nitrogens is 1. The van der Waals surface area contributed by atoms with Crippen molar-refractivity contribution in [2.45, 2.75) is 24.7 Å². The van der Waals surface area contributed by atoms with E-state index in [1.165, 1.54) is 17.8 Å². The van der Waals surface area contributed by atoms with Crippen LogP contribution in [0.5, 0.6) is 0 Å². The minimum atomic E-state index is -3.74. The number of nitrogen functional groups attached to an aromatic ring is 1. The van der Waals surface area contributed by atoms with Crippen LogP contribution in [0, 0.1) is 0 Å². The van der Waals surface area contributed by atoms with Crippen LogP contribution in [0.15, 0.2) is 47.5 Å². The van der Waals surface area contributed by atoms with Gasteiger partial charge >= 0.3 is 0 Å². The summed E-state index contributed by atoms with van der Waals surface area (Å²) in [6.45, 7) is 2.10. The van der Waals surface area contributed by atoms with Gasteiger partial charge in [0.1, 0.15) is 4.90 Å². The Morgan fingerprint density at radius 2 is 1.90 bits per heavy atom. The molecule has 1 aromatic heterocycles. The number of sulfonamides is 1. The summed E-state index contributed by atoms with van der Waals surface area (Å²) < 4.78 is 27.2. The van der Waals surface area contributed by atoms with Crippen molar-refractivity contribution in [3.05, 3.63) is 48.2 Å². The number of nitrogens with two attached hydrogens (primary N) is 1. The van der Waals surface area contributed by atoms with Gasteiger partial charge in [-0.2, -0.15) is 0 Å². The molecule has 0 saturated heterocycles. The number of nitrogens with one attached hydrogen (secondary N) is 2. The monoisotopic (exact) mass is 306 g/mol. The third-order valence-electron chi connectivity index (χ3n) is 2.94. The van der Waals surface area contributed by atoms with E-state index in [0.29, 0.717) is 5.69 Å². The molecule has 2 rings (SSSR count). The van der Waals surface area contributed by atoms with Crippen LogP contribution >= 0.6 is 0 Å². The van der Waals surface area contributed by atoms with Gasteiger partial charge in [-0.3, -0.25) is 4.72 Å². The third kappa shape index (κ3) is 3.71. The molecule has 4 N–H and O–H groups in total. The second-order valence-electron chi connectivity index (χ2n) is 4.55. The number of benzene rings is 1. The smallest absolute Gasteiger partial charge is 0.265 e. The van der Waals surface area contributed by atoms with E-state index in [1.807, 2.05) is 12.1 Å². The molecule has 0 aliphatic carbocycles. The Kier molecular flexibility index (Phi) is 4.77. The summed E-state index contributed by atoms with van der Waals surface area (Å²) in [6.07, 6.45) is 3.48. The number of hydrogen-bond acceptors (Lipinski definition) is 5. The molecule has 7 heteroatoms. The van der Waals surface area contributed by atoms with Crippen LogP contribution in [0.2, 0.25) is 0 Å². The lowest BCUT2D eigenvalue weighted by molar-refractivity contribution is 0.601. The van der Waals surface area contributed by atoms with Crippen molar-refractivity contribution in [3.8, 4) is 0 Å². The summed E-state index contributed by atoms with van der Waals surface area (Å²) in [5.41, 5.74) is 3.96. The zero-order valence-electron chi connectivity index (χ0n) is 11.7. The molecule has 2 aromatic rings. The Balaban J connectivity index is 2.24. The molecule has 0 bridgehead atoms. The second-order valence-corrected chi connectivity index (χ2v) is 6.20. The maximum atomic E-state index is 12.3. The molecular formula is C14H18N4O2S. The third-order valence-corrected chi connectivity index (χ3v) is 4.35. The maximum Gasteiger partial charge on any atom is 0.265 e. The molecule has 0 atom stereocenters. The summed E-state index contributed by atoms with van der Waals surface area (Å²) in [4.78, 5) is 3.89. The highest BCUT2D eigenvalue weighted by Gasteiger charge is 2.18. The first-order valence-electron chi connectivity index (χ1n) is 6.60. The summed E-state index contributed by atoms with van der Waals surface area (Å²) in [5, 5.41) is 0. The lowest BCUT2D eigenvalue weighted by Crippen LogP contribution is -2.18. The number of nitrogens with zero attached hydrogens (tertiary/aromatic N) is 1. The van der Waals surface area contributed by atoms with Gasteiger partial charge in [0.2, 0.25) is 0 Å². The minimum Gasteiger partial charge on any atom is -0.307 e. The van der Waals surface area contributed by atoms with Crippen molar-refractivity contribution in [1.82, 2.24) is 4.98 Å². The van der Waals surface area contributed by atoms with Gasteiger partial charge in [-0.15, -0.1) is 0 Å². The van der Waals surface area contributed by atoms with E-state index >= 15 is 0 Å². The van der Waals surface area contributed by atoms with E-state index < -0.39 is 10.0 Å². The molecule has 21 heavy (non-hydrogen) atoms. The van der Waals surface area contributed by atoms with Crippen LogP contribution < -0.4 is 16.0 Å². The predicted molar refractivity (Wildman–Crippen MR) is 83.3 cm³/mol. The minimum absolute atomic E-state index is 0.00475. The molecule has 1 aromatic carbocycles. The molecule has 0 fully saturated rings. The van der Waals surface area contributed by atoms with Crippen LogP contribution in [0.25, 0.3) is 0 Å². The quantitative estimate of drug-likeness (QED) is 0.561. The normalized spacial score (nSPS) is 11.1. The Hall–Kier alpha value is -2.12. The number of pyridine rings is 1. The van der Waals surface area contributed by atoms with Gasteiger partial charge in [-0.1, -0.05) is 25.5 Å². The summed E-state index contributed by atoms with van der Waals surface area (Å²) in [7, 11) is -3.74. The SMILES string of the molecule is CCCc1ccc(NS(=O)(=O)c2cccnc2NN)cc1. The van der Waals surface area contributed by atoms with Crippen molar-refractivity contribution in [3.63, 3.8) is 0 Å². The molecule has 112 valence electrons. The first kappa shape index (κ1) is 15.3. The van der Waals surface area contributed by atoms with E-state index in [-0.39, 0.29) is 10.7 Å². The maximum absolute atomic E-state index is 12.3. The molecule has 0 amide bonds. The van der Waals surface area contributed by atoms with E-state index in [2.05, 4.69) is 22.1 Å². The average molecular weight is 306 g/mol. The zero-order valence-corrected chi connectivity index (χ0v) is 12.5. The highest BCUT2D eigenvalue weighted by atomic mass is 32.2. The Morgan fingerprint density at radius 1 is 1.19 bits per heavy atom. The van der Waals surface area contributed by atoms with Gasteiger partial charge in [0.25, 0.3) is 10.0 Å². The van der Waals surface area contributed by atoms with Gasteiger partial charge in [-0.25, -0.2) is 19.2 Å². The first-order chi connectivity index (χ1) is 10.1. The summed E-state index contributed by atoms with van der Waals surface area (Å²) in [6, 6.07) is 10.3. The predicted octanol–water partition coefficient (Wildman–Crippen LogP) is 2.12. The molecular weight excluding hydrogens is 288 g/mol. The zero-order chi connectivity index (χ0) is 15.3. The van der Waals surface area contributed by atoms with Crippen molar-refractivity contribution in [1.29, 1.82) is 0 Å². The van der Waals surface area contributed by atoms with Crippen LogP contribution in [0.4, 0.5) is 11.5 Å². The standard InChI is InChI=1S/C14H18N4O2S/c1-2-4-11-6-8-12(9-7-11)18-21(19,20)13-5-3-10-16-14(13)17-15/h3,5-10,18H,2,4,15H2,1H3,(H,16,17). The molecule has 6 nitrogen and oxygen atoms in total. The highest BCUT2D eigenvalue weighted by molar-refractivity contribution is 7.92. The molecule has 0 spiro atoms. The lowest BCUT2D eigenvalue weighted by atomic mass is 10.1. The van der Waals surface area contributed by atoms with Crippen molar-refractivity contribution >= 4 is 21.5 Å². The van der Waals surface area contributed by atoms with Crippen molar-refractivity contribution in [2.75, 3.05) is 10.1 Å². The van der Waals surface area contributed by atoms with Gasteiger partial charge in [0, 0.05) is 11.9 Å². The van der Waals surface area contributed by atoms with Crippen LogP contribution in [0.3, 0.4) is 0 Å². The fourth-order valence-electron chi connectivity index (χ4n) is 1.95. The number of anilines is 2. The Morgan fingerprint density at radius 3 is 2.52 bits per heavy atom. The van der Waals surface area contributed by atoms with Crippen molar-refractivity contribution < 1.29 is 8.42 Å². The van der Waals surface area contributed by atoms with E-state index in [0.717, 1.165) is 12.8 Å². The van der Waals surface area contributed by atoms with Crippen molar-refractivity contribution in [2.24, 2.45) is 5.84 Å². The van der Waals surface area contributed by atoms with E-state index in [9.17, 15) is 8.42 Å². The fourth-order valence-corrected chi connectivity index (χ4v) is 3.13. The number of aryl methyl sites for hydroxylation is 1. The van der Waals surface area contributed by atoms with Crippen LogP contribution in [0.1, 0.15) is 18.9 Å². The van der Waals surface area contributed by atoms with E-state index in [4.69, 9.17) is 5.84 Å². The van der Waals surface area contributed by atoms with Gasteiger partial charge in [0.05, 0.1) is 0 Å². The fraction of sp³-hybridized carbons (Fsp3) is 0.214. The summed E-state index contributed by atoms with van der Waals surface area (Å²) in [5.74, 6) is 5.39. The number of rotatable bonds is 6. The van der Waals surface area contributed by atoms with Gasteiger partial charge in [0.15, 0.2) is 5.82 Å². The Bertz CT molecular complexity index is 699. The summed E-state index contributed by atoms with van der Waals surface area (Å²) >= 11 is 0. The van der Waals surface area contributed by atoms with Crippen LogP contribution in [-0.4, -0.2) is 13.4 Å². The Labute approximate surface area is 124 Å². The van der Waals surface area contributed by atoms with E-state index in [1.54, 1.807) is 18.2 Å². The molecule has 0 saturated carbocycles. The average Bonchev–Trinajstić information content (AvgIpc) is 2.49. The second kappa shape index (κ2) is 6.55. The van der Waals surface area contributed by atoms with Gasteiger partial charge < -0.3 is 5.43 Å². The van der Waals surface area contributed by atoms with Gasteiger partial charge in [-0.05, 0) is 36.2 Å². The first-order valence-corrected chi connectivity index (χ1v) is 8.08. The molecule has 1 heterocycles. The molecule has 0 unspecified atom stereocenters. The molecule has 0 aliphatic rings. The number of hydrogen-bond donors (Lipinski definition) is 3. The number of hydrazine groups is 1. The topological polar surface area (TPSA) is 97.1 Å². The lowest BCUT2D eigenvalue weighted by Gasteiger charge is -2.11. The molecule has 0 aliphatic heterocycles. The largest absolute Gasteiger partial charge is 0.307 e.